The third-order valence-electron chi connectivity index (χ3n) is 2.55. The summed E-state index contributed by atoms with van der Waals surface area (Å²) >= 11 is 0. The number of aromatic amines is 1. The molecule has 0 aliphatic heterocycles. The Labute approximate surface area is 113 Å². The van der Waals surface area contributed by atoms with Gasteiger partial charge in [0.05, 0.1) is 0 Å². The van der Waals surface area contributed by atoms with Gasteiger partial charge in [0.2, 0.25) is 0 Å². The minimum atomic E-state index is -1.36. The van der Waals surface area contributed by atoms with Crippen molar-refractivity contribution in [2.75, 3.05) is 0 Å². The second-order valence-electron chi connectivity index (χ2n) is 4.18. The molecule has 4 N–H and O–H groups in total. The van der Waals surface area contributed by atoms with E-state index in [1.165, 1.54) is 12.1 Å². The number of carbonyl (C=O) groups excluding carboxylic acids is 1. The van der Waals surface area contributed by atoms with Crippen LogP contribution in [0.1, 0.15) is 28.9 Å². The first kappa shape index (κ1) is 15.4. The Balaban J connectivity index is 2.82. The number of rotatable bonds is 6. The summed E-state index contributed by atoms with van der Waals surface area (Å²) < 4.78 is 0. The highest BCUT2D eigenvalue weighted by molar-refractivity contribution is 5.96. The van der Waals surface area contributed by atoms with Gasteiger partial charge < -0.3 is 20.5 Å². The van der Waals surface area contributed by atoms with Gasteiger partial charge in [-0.25, -0.2) is 4.79 Å². The number of aromatic nitrogens is 1. The van der Waals surface area contributed by atoms with E-state index >= 15 is 0 Å². The molecule has 1 amide bonds. The molecule has 0 aliphatic carbocycles. The lowest BCUT2D eigenvalue weighted by atomic mass is 10.1. The average Bonchev–Trinajstić information content (AvgIpc) is 2.33. The number of aliphatic carboxylic acids is 2. The van der Waals surface area contributed by atoms with Gasteiger partial charge >= 0.3 is 11.9 Å². The number of carbonyl (C=O) groups is 3. The molecule has 0 spiro atoms. The van der Waals surface area contributed by atoms with Crippen molar-refractivity contribution in [2.45, 2.75) is 25.8 Å². The normalized spacial score (nSPS) is 11.7. The lowest BCUT2D eigenvalue weighted by Gasteiger charge is -2.13. The molecular formula is C12H14N2O6. The van der Waals surface area contributed by atoms with Crippen LogP contribution in [0.5, 0.6) is 0 Å². The Bertz CT molecular complexity index is 592. The van der Waals surface area contributed by atoms with Crippen molar-refractivity contribution in [1.82, 2.24) is 10.3 Å². The summed E-state index contributed by atoms with van der Waals surface area (Å²) in [5.41, 5.74) is -0.297. The van der Waals surface area contributed by atoms with Crippen LogP contribution in [0.4, 0.5) is 0 Å². The number of hydrogen-bond acceptors (Lipinski definition) is 4. The Morgan fingerprint density at radius 1 is 1.30 bits per heavy atom. The first-order valence-corrected chi connectivity index (χ1v) is 5.76. The van der Waals surface area contributed by atoms with E-state index in [-0.39, 0.29) is 12.0 Å². The standard InChI is InChI=1S/C12H14N2O6/c1-6-2-3-7(10(17)13-6)11(18)14-8(12(19)20)4-5-9(15)16/h2-3,8H,4-5H2,1H3,(H,13,17)(H,14,18)(H,15,16)(H,19,20)/t8-/m0/s1. The van der Waals surface area contributed by atoms with Crippen molar-refractivity contribution in [1.29, 1.82) is 0 Å². The fourth-order valence-electron chi connectivity index (χ4n) is 1.51. The van der Waals surface area contributed by atoms with Crippen LogP contribution in [0.3, 0.4) is 0 Å². The molecule has 0 aromatic carbocycles. The minimum Gasteiger partial charge on any atom is -0.481 e. The SMILES string of the molecule is Cc1ccc(C(=O)N[C@@H](CCC(=O)O)C(=O)O)c(=O)[nH]1. The van der Waals surface area contributed by atoms with Gasteiger partial charge in [-0.2, -0.15) is 0 Å². The number of aryl methyl sites for hydroxylation is 1. The van der Waals surface area contributed by atoms with Crippen molar-refractivity contribution < 1.29 is 24.6 Å². The summed E-state index contributed by atoms with van der Waals surface area (Å²) in [4.78, 5) is 47.1. The lowest BCUT2D eigenvalue weighted by Crippen LogP contribution is -2.42. The van der Waals surface area contributed by atoms with Crippen LogP contribution in [0.2, 0.25) is 0 Å². The van der Waals surface area contributed by atoms with Crippen LogP contribution < -0.4 is 10.9 Å². The van der Waals surface area contributed by atoms with Crippen LogP contribution in [-0.4, -0.2) is 39.1 Å². The van der Waals surface area contributed by atoms with Gasteiger partial charge in [0, 0.05) is 12.1 Å². The second kappa shape index (κ2) is 6.50. The summed E-state index contributed by atoms with van der Waals surface area (Å²) in [6.07, 6.45) is -0.665. The molecule has 1 aromatic rings. The fraction of sp³-hybridized carbons (Fsp3) is 0.333. The van der Waals surface area contributed by atoms with E-state index in [9.17, 15) is 19.2 Å². The summed E-state index contributed by atoms with van der Waals surface area (Å²) in [6, 6.07) is 1.42. The number of carboxylic acids is 2. The van der Waals surface area contributed by atoms with E-state index < -0.39 is 35.9 Å². The molecule has 0 fully saturated rings. The Morgan fingerprint density at radius 2 is 1.95 bits per heavy atom. The predicted octanol–water partition coefficient (Wildman–Crippen LogP) is -0.269. The molecule has 0 unspecified atom stereocenters. The van der Waals surface area contributed by atoms with E-state index in [1.54, 1.807) is 6.92 Å². The number of amides is 1. The van der Waals surface area contributed by atoms with Crippen LogP contribution in [0.15, 0.2) is 16.9 Å². The molecule has 8 nitrogen and oxygen atoms in total. The summed E-state index contributed by atoms with van der Waals surface area (Å²) in [7, 11) is 0. The largest absolute Gasteiger partial charge is 0.481 e. The van der Waals surface area contributed by atoms with Gasteiger partial charge in [-0.1, -0.05) is 0 Å². The quantitative estimate of drug-likeness (QED) is 0.567. The maximum absolute atomic E-state index is 11.8. The van der Waals surface area contributed by atoms with Crippen molar-refractivity contribution in [3.8, 4) is 0 Å². The van der Waals surface area contributed by atoms with E-state index in [0.29, 0.717) is 5.69 Å². The zero-order valence-electron chi connectivity index (χ0n) is 10.7. The molecule has 0 radical (unpaired) electrons. The van der Waals surface area contributed by atoms with E-state index in [1.807, 2.05) is 0 Å². The Morgan fingerprint density at radius 3 is 2.45 bits per heavy atom. The van der Waals surface area contributed by atoms with Gasteiger partial charge in [0.15, 0.2) is 0 Å². The number of pyridine rings is 1. The molecule has 0 aliphatic rings. The monoisotopic (exact) mass is 282 g/mol. The highest BCUT2D eigenvalue weighted by atomic mass is 16.4. The molecule has 0 saturated heterocycles. The van der Waals surface area contributed by atoms with Gasteiger partial charge in [0.25, 0.3) is 11.5 Å². The maximum Gasteiger partial charge on any atom is 0.326 e. The van der Waals surface area contributed by atoms with Crippen LogP contribution in [0, 0.1) is 6.92 Å². The van der Waals surface area contributed by atoms with Crippen molar-refractivity contribution >= 4 is 17.8 Å². The van der Waals surface area contributed by atoms with Crippen LogP contribution in [0.25, 0.3) is 0 Å². The number of hydrogen-bond donors (Lipinski definition) is 4. The molecule has 1 rings (SSSR count). The second-order valence-corrected chi connectivity index (χ2v) is 4.18. The topological polar surface area (TPSA) is 137 Å². The predicted molar refractivity (Wildman–Crippen MR) is 67.6 cm³/mol. The zero-order valence-corrected chi connectivity index (χ0v) is 10.7. The van der Waals surface area contributed by atoms with Crippen molar-refractivity contribution in [3.63, 3.8) is 0 Å². The molecular weight excluding hydrogens is 268 g/mol. The van der Waals surface area contributed by atoms with Gasteiger partial charge in [-0.15, -0.1) is 0 Å². The Kier molecular flexibility index (Phi) is 5.01. The number of H-pyrrole nitrogens is 1. The molecule has 1 heterocycles. The number of nitrogens with one attached hydrogen (secondary N) is 2. The third-order valence-corrected chi connectivity index (χ3v) is 2.55. The molecule has 0 saturated carbocycles. The van der Waals surface area contributed by atoms with Crippen molar-refractivity contribution in [2.24, 2.45) is 0 Å². The van der Waals surface area contributed by atoms with Gasteiger partial charge in [-0.05, 0) is 25.5 Å². The molecule has 108 valence electrons. The summed E-state index contributed by atoms with van der Waals surface area (Å²) in [5, 5.41) is 19.5. The first-order valence-electron chi connectivity index (χ1n) is 5.76. The van der Waals surface area contributed by atoms with E-state index in [0.717, 1.165) is 0 Å². The molecule has 20 heavy (non-hydrogen) atoms. The molecule has 0 bridgehead atoms. The molecule has 1 aromatic heterocycles. The van der Waals surface area contributed by atoms with E-state index in [2.05, 4.69) is 10.3 Å². The maximum atomic E-state index is 11.8. The minimum absolute atomic E-state index is 0.225. The lowest BCUT2D eigenvalue weighted by molar-refractivity contribution is -0.140. The fourth-order valence-corrected chi connectivity index (χ4v) is 1.51. The highest BCUT2D eigenvalue weighted by Gasteiger charge is 2.22. The van der Waals surface area contributed by atoms with Crippen molar-refractivity contribution in [3.05, 3.63) is 33.7 Å². The smallest absolute Gasteiger partial charge is 0.326 e. The van der Waals surface area contributed by atoms with E-state index in [4.69, 9.17) is 10.2 Å². The third kappa shape index (κ3) is 4.23. The van der Waals surface area contributed by atoms with Crippen LogP contribution in [-0.2, 0) is 9.59 Å². The number of carboxylic acid groups (broad SMARTS) is 2. The van der Waals surface area contributed by atoms with Crippen LogP contribution >= 0.6 is 0 Å². The summed E-state index contributed by atoms with van der Waals surface area (Å²) in [5.74, 6) is -3.38. The molecule has 1 atom stereocenters. The van der Waals surface area contributed by atoms with Gasteiger partial charge in [-0.3, -0.25) is 14.4 Å². The highest BCUT2D eigenvalue weighted by Crippen LogP contribution is 2.01. The first-order chi connectivity index (χ1) is 9.31. The Hall–Kier alpha value is -2.64. The molecule has 8 heteroatoms. The summed E-state index contributed by atoms with van der Waals surface area (Å²) in [6.45, 7) is 1.63. The van der Waals surface area contributed by atoms with Gasteiger partial charge in [0.1, 0.15) is 11.6 Å². The zero-order chi connectivity index (χ0) is 15.3. The average molecular weight is 282 g/mol.